The van der Waals surface area contributed by atoms with Crippen LogP contribution in [0, 0.1) is 6.92 Å². The molecule has 0 amide bonds. The molecule has 0 bridgehead atoms. The van der Waals surface area contributed by atoms with E-state index < -0.39 is 0 Å². The summed E-state index contributed by atoms with van der Waals surface area (Å²) in [5.74, 6) is 1.58. The summed E-state index contributed by atoms with van der Waals surface area (Å²) < 4.78 is 2.17. The van der Waals surface area contributed by atoms with Gasteiger partial charge in [0.15, 0.2) is 0 Å². The van der Waals surface area contributed by atoms with Gasteiger partial charge in [0.25, 0.3) is 0 Å². The van der Waals surface area contributed by atoms with Crippen molar-refractivity contribution < 1.29 is 0 Å². The molecule has 0 aromatic carbocycles. The Balaban J connectivity index is 2.69. The van der Waals surface area contributed by atoms with Crippen molar-refractivity contribution in [2.45, 2.75) is 26.7 Å². The molecule has 0 aliphatic rings. The highest BCUT2D eigenvalue weighted by Crippen LogP contribution is 2.21. The van der Waals surface area contributed by atoms with E-state index in [1.54, 1.807) is 0 Å². The zero-order valence-electron chi connectivity index (χ0n) is 9.70. The van der Waals surface area contributed by atoms with Crippen LogP contribution in [0.2, 0.25) is 0 Å². The molecule has 0 saturated heterocycles. The molecule has 0 aliphatic heterocycles. The summed E-state index contributed by atoms with van der Waals surface area (Å²) in [6.07, 6.45) is 2.08. The highest BCUT2D eigenvalue weighted by atomic mass is 15.0. The Morgan fingerprint density at radius 1 is 1.40 bits per heavy atom. The molecule has 0 fully saturated rings. The number of nitrogens with zero attached hydrogens (tertiary/aromatic N) is 2. The Hall–Kier alpha value is -1.51. The summed E-state index contributed by atoms with van der Waals surface area (Å²) >= 11 is 0. The third kappa shape index (κ3) is 1.58. The van der Waals surface area contributed by atoms with Crippen molar-refractivity contribution in [1.82, 2.24) is 9.38 Å². The molecule has 0 saturated carbocycles. The van der Waals surface area contributed by atoms with Crippen molar-refractivity contribution in [3.8, 4) is 0 Å². The molecule has 15 heavy (non-hydrogen) atoms. The summed E-state index contributed by atoms with van der Waals surface area (Å²) in [7, 11) is 1.93. The normalized spacial score (nSPS) is 11.3. The largest absolute Gasteiger partial charge is 0.388 e. The van der Waals surface area contributed by atoms with E-state index in [-0.39, 0.29) is 0 Å². The Kier molecular flexibility index (Phi) is 2.39. The van der Waals surface area contributed by atoms with E-state index in [9.17, 15) is 0 Å². The van der Waals surface area contributed by atoms with Gasteiger partial charge in [-0.3, -0.25) is 0 Å². The maximum atomic E-state index is 4.60. The molecule has 2 aromatic heterocycles. The second kappa shape index (κ2) is 3.57. The molecule has 3 heteroatoms. The van der Waals surface area contributed by atoms with Gasteiger partial charge >= 0.3 is 0 Å². The number of pyridine rings is 1. The van der Waals surface area contributed by atoms with Crippen molar-refractivity contribution >= 4 is 11.2 Å². The van der Waals surface area contributed by atoms with Crippen LogP contribution in [-0.2, 0) is 0 Å². The number of hydrogen-bond donors (Lipinski definition) is 1. The minimum Gasteiger partial charge on any atom is -0.388 e. The summed E-state index contributed by atoms with van der Waals surface area (Å²) in [5.41, 5.74) is 3.40. The first-order chi connectivity index (χ1) is 7.13. The van der Waals surface area contributed by atoms with Crippen LogP contribution < -0.4 is 5.32 Å². The number of hydrogen-bond acceptors (Lipinski definition) is 2. The maximum Gasteiger partial charge on any atom is 0.116 e. The van der Waals surface area contributed by atoms with Gasteiger partial charge in [0, 0.05) is 24.8 Å². The lowest BCUT2D eigenvalue weighted by Gasteiger charge is -2.05. The van der Waals surface area contributed by atoms with Crippen LogP contribution in [0.4, 0.5) is 5.69 Å². The Morgan fingerprint density at radius 2 is 2.13 bits per heavy atom. The molecular weight excluding hydrogens is 186 g/mol. The molecule has 80 valence electrons. The van der Waals surface area contributed by atoms with Crippen LogP contribution in [-0.4, -0.2) is 16.4 Å². The average Bonchev–Trinajstić information content (AvgIpc) is 2.56. The lowest BCUT2D eigenvalue weighted by molar-refractivity contribution is 0.768. The van der Waals surface area contributed by atoms with Gasteiger partial charge in [-0.2, -0.15) is 0 Å². The lowest BCUT2D eigenvalue weighted by atomic mass is 10.2. The maximum absolute atomic E-state index is 4.60. The summed E-state index contributed by atoms with van der Waals surface area (Å²) in [4.78, 5) is 4.60. The second-order valence-corrected chi connectivity index (χ2v) is 4.13. The first kappa shape index (κ1) is 10.0. The molecule has 0 spiro atoms. The van der Waals surface area contributed by atoms with E-state index >= 15 is 0 Å². The Labute approximate surface area is 90.1 Å². The van der Waals surface area contributed by atoms with Gasteiger partial charge in [-0.1, -0.05) is 13.8 Å². The minimum atomic E-state index is 0.451. The molecular formula is C12H17N3. The van der Waals surface area contributed by atoms with E-state index in [1.165, 1.54) is 5.52 Å². The predicted octanol–water partition coefficient (Wildman–Crippen LogP) is 2.81. The van der Waals surface area contributed by atoms with Crippen LogP contribution in [0.5, 0.6) is 0 Å². The minimum absolute atomic E-state index is 0.451. The molecule has 0 aliphatic carbocycles. The molecule has 1 N–H and O–H groups in total. The van der Waals surface area contributed by atoms with Gasteiger partial charge in [0.05, 0.1) is 11.2 Å². The first-order valence-corrected chi connectivity index (χ1v) is 5.30. The summed E-state index contributed by atoms with van der Waals surface area (Å²) in [6, 6.07) is 4.20. The van der Waals surface area contributed by atoms with Crippen LogP contribution in [0.15, 0.2) is 18.3 Å². The quantitative estimate of drug-likeness (QED) is 0.813. The summed E-state index contributed by atoms with van der Waals surface area (Å²) in [6.45, 7) is 6.39. The molecule has 2 heterocycles. The van der Waals surface area contributed by atoms with Crippen molar-refractivity contribution in [2.75, 3.05) is 12.4 Å². The van der Waals surface area contributed by atoms with Gasteiger partial charge in [-0.05, 0) is 19.1 Å². The highest BCUT2D eigenvalue weighted by Gasteiger charge is 2.10. The Morgan fingerprint density at radius 3 is 2.73 bits per heavy atom. The third-order valence-electron chi connectivity index (χ3n) is 2.66. The summed E-state index contributed by atoms with van der Waals surface area (Å²) in [5, 5.41) is 3.14. The van der Waals surface area contributed by atoms with Crippen LogP contribution >= 0.6 is 0 Å². The number of anilines is 1. The van der Waals surface area contributed by atoms with Crippen LogP contribution in [0.3, 0.4) is 0 Å². The molecule has 0 atom stereocenters. The van der Waals surface area contributed by atoms with Crippen molar-refractivity contribution in [3.63, 3.8) is 0 Å². The SMILES string of the molecule is CNc1ccn2c(C(C)C)nc(C)c2c1. The van der Waals surface area contributed by atoms with Gasteiger partial charge in [0.1, 0.15) is 5.82 Å². The number of aromatic nitrogens is 2. The number of aryl methyl sites for hydroxylation is 1. The van der Waals surface area contributed by atoms with E-state index in [4.69, 9.17) is 0 Å². The predicted molar refractivity (Wildman–Crippen MR) is 63.6 cm³/mol. The molecule has 2 aromatic rings. The van der Waals surface area contributed by atoms with Crippen LogP contribution in [0.25, 0.3) is 5.52 Å². The molecule has 3 nitrogen and oxygen atoms in total. The molecule has 0 unspecified atom stereocenters. The fraction of sp³-hybridized carbons (Fsp3) is 0.417. The first-order valence-electron chi connectivity index (χ1n) is 5.30. The fourth-order valence-corrected chi connectivity index (χ4v) is 1.82. The topological polar surface area (TPSA) is 29.3 Å². The second-order valence-electron chi connectivity index (χ2n) is 4.13. The van der Waals surface area contributed by atoms with Crippen molar-refractivity contribution in [2.24, 2.45) is 0 Å². The van der Waals surface area contributed by atoms with E-state index in [2.05, 4.69) is 53.8 Å². The number of imidazole rings is 1. The zero-order valence-corrected chi connectivity index (χ0v) is 9.70. The van der Waals surface area contributed by atoms with E-state index in [0.717, 1.165) is 17.2 Å². The number of rotatable bonds is 2. The monoisotopic (exact) mass is 203 g/mol. The molecule has 0 radical (unpaired) electrons. The zero-order chi connectivity index (χ0) is 11.0. The van der Waals surface area contributed by atoms with Crippen LogP contribution in [0.1, 0.15) is 31.3 Å². The van der Waals surface area contributed by atoms with E-state index in [1.807, 2.05) is 7.05 Å². The number of fused-ring (bicyclic) bond motifs is 1. The van der Waals surface area contributed by atoms with Gasteiger partial charge in [-0.25, -0.2) is 4.98 Å². The van der Waals surface area contributed by atoms with Crippen molar-refractivity contribution in [3.05, 3.63) is 29.8 Å². The standard InChI is InChI=1S/C12H17N3/c1-8(2)12-14-9(3)11-7-10(13-4)5-6-15(11)12/h5-8,13H,1-4H3. The van der Waals surface area contributed by atoms with Crippen molar-refractivity contribution in [1.29, 1.82) is 0 Å². The third-order valence-corrected chi connectivity index (χ3v) is 2.66. The van der Waals surface area contributed by atoms with E-state index in [0.29, 0.717) is 5.92 Å². The molecule has 2 rings (SSSR count). The lowest BCUT2D eigenvalue weighted by Crippen LogP contribution is -1.97. The van der Waals surface area contributed by atoms with Gasteiger partial charge < -0.3 is 9.72 Å². The van der Waals surface area contributed by atoms with Gasteiger partial charge in [0.2, 0.25) is 0 Å². The van der Waals surface area contributed by atoms with Gasteiger partial charge in [-0.15, -0.1) is 0 Å². The smallest absolute Gasteiger partial charge is 0.116 e. The Bertz CT molecular complexity index is 483. The average molecular weight is 203 g/mol. The fourth-order valence-electron chi connectivity index (χ4n) is 1.82. The highest BCUT2D eigenvalue weighted by molar-refractivity contribution is 5.61. The number of nitrogens with one attached hydrogen (secondary N) is 1.